The fourth-order valence-electron chi connectivity index (χ4n) is 7.04. The molecule has 5 aromatic rings. The van der Waals surface area contributed by atoms with Gasteiger partial charge in [0, 0.05) is 58.6 Å². The van der Waals surface area contributed by atoms with Crippen molar-refractivity contribution in [2.75, 3.05) is 0 Å². The fourth-order valence-corrected chi connectivity index (χ4v) is 7.04. The van der Waals surface area contributed by atoms with Crippen LogP contribution in [0.1, 0.15) is 46.0 Å². The molecule has 4 heteroatoms. The van der Waals surface area contributed by atoms with Crippen molar-refractivity contribution in [1.82, 2.24) is 9.14 Å². The summed E-state index contributed by atoms with van der Waals surface area (Å²) >= 11 is 0. The number of allylic oxidation sites excluding steroid dienone is 3. The number of benzene rings is 4. The monoisotopic (exact) mass is 548 g/mol. The Bertz CT molecular complexity index is 2080. The van der Waals surface area contributed by atoms with Gasteiger partial charge in [0.2, 0.25) is 11.4 Å². The number of hydrogen-bond acceptors (Lipinski definition) is 2. The molecule has 7 rings (SSSR count). The first kappa shape index (κ1) is 26.0. The van der Waals surface area contributed by atoms with E-state index in [4.69, 9.17) is 0 Å². The predicted octanol–water partition coefficient (Wildman–Crippen LogP) is 7.59. The molecule has 0 bridgehead atoms. The third kappa shape index (κ3) is 3.68. The largest absolute Gasteiger partial charge is 0.871 e. The highest BCUT2D eigenvalue weighted by molar-refractivity contribution is 6.47. The number of aromatic nitrogens is 1. The Kier molecular flexibility index (Phi) is 5.74. The van der Waals surface area contributed by atoms with E-state index in [9.17, 15) is 9.90 Å². The van der Waals surface area contributed by atoms with Crippen LogP contribution in [0.3, 0.4) is 0 Å². The average molecular weight is 549 g/mol. The molecule has 206 valence electrons. The smallest absolute Gasteiger partial charge is 0.219 e. The van der Waals surface area contributed by atoms with Crippen LogP contribution in [0.4, 0.5) is 11.4 Å². The second-order valence-electron chi connectivity index (χ2n) is 11.7. The third-order valence-corrected chi connectivity index (χ3v) is 8.56. The molecule has 0 fully saturated rings. The second kappa shape index (κ2) is 9.28. The summed E-state index contributed by atoms with van der Waals surface area (Å²) in [7, 11) is 0. The van der Waals surface area contributed by atoms with E-state index in [1.165, 1.54) is 22.3 Å². The molecular formula is C38H32N2O2. The van der Waals surface area contributed by atoms with Crippen molar-refractivity contribution in [3.8, 4) is 5.69 Å². The maximum absolute atomic E-state index is 14.2. The van der Waals surface area contributed by atoms with Crippen molar-refractivity contribution in [1.29, 1.82) is 0 Å². The summed E-state index contributed by atoms with van der Waals surface area (Å²) in [6, 6.07) is 29.0. The Morgan fingerprint density at radius 3 is 1.93 bits per heavy atom. The van der Waals surface area contributed by atoms with Gasteiger partial charge < -0.3 is 9.67 Å². The minimum atomic E-state index is -0.183. The number of fused-ring (bicyclic) bond motifs is 2. The van der Waals surface area contributed by atoms with E-state index in [2.05, 4.69) is 85.4 Å². The molecule has 0 N–H and O–H groups in total. The summed E-state index contributed by atoms with van der Waals surface area (Å²) in [6.45, 7) is 12.4. The Labute approximate surface area is 246 Å². The molecule has 0 unspecified atom stereocenters. The van der Waals surface area contributed by atoms with Gasteiger partial charge in [0.1, 0.15) is 0 Å². The van der Waals surface area contributed by atoms with Gasteiger partial charge in [-0.3, -0.25) is 4.79 Å². The minimum absolute atomic E-state index is 0.183. The van der Waals surface area contributed by atoms with Gasteiger partial charge in [-0.2, -0.15) is 4.58 Å². The Morgan fingerprint density at radius 2 is 1.26 bits per heavy atom. The van der Waals surface area contributed by atoms with Gasteiger partial charge in [0.05, 0.1) is 16.7 Å². The van der Waals surface area contributed by atoms with E-state index in [-0.39, 0.29) is 22.7 Å². The topological polar surface area (TPSA) is 48.1 Å². The van der Waals surface area contributed by atoms with E-state index < -0.39 is 0 Å². The highest BCUT2D eigenvalue weighted by Gasteiger charge is 2.42. The summed E-state index contributed by atoms with van der Waals surface area (Å²) in [5, 5.41) is 15.1. The lowest BCUT2D eigenvalue weighted by molar-refractivity contribution is -0.297. The van der Waals surface area contributed by atoms with Gasteiger partial charge in [-0.1, -0.05) is 48.2 Å². The molecule has 0 atom stereocenters. The van der Waals surface area contributed by atoms with Crippen molar-refractivity contribution in [2.24, 2.45) is 0 Å². The van der Waals surface area contributed by atoms with Gasteiger partial charge in [0.15, 0.2) is 11.5 Å². The first-order valence-electron chi connectivity index (χ1n) is 14.4. The third-order valence-electron chi connectivity index (χ3n) is 8.56. The van der Waals surface area contributed by atoms with E-state index in [0.29, 0.717) is 0 Å². The first-order chi connectivity index (χ1) is 20.2. The second-order valence-corrected chi connectivity index (χ2v) is 11.7. The molecule has 1 aliphatic carbocycles. The molecule has 1 aromatic heterocycles. The molecule has 0 radical (unpaired) electrons. The average Bonchev–Trinajstić information content (AvgIpc) is 3.38. The van der Waals surface area contributed by atoms with Crippen LogP contribution in [0.5, 0.6) is 0 Å². The van der Waals surface area contributed by atoms with Crippen LogP contribution in [-0.4, -0.2) is 16.1 Å². The van der Waals surface area contributed by atoms with Crippen LogP contribution in [0, 0.1) is 34.6 Å². The molecule has 2 heterocycles. The van der Waals surface area contributed by atoms with Gasteiger partial charge in [-0.15, -0.1) is 0 Å². The van der Waals surface area contributed by atoms with Crippen LogP contribution >= 0.6 is 0 Å². The predicted molar refractivity (Wildman–Crippen MR) is 171 cm³/mol. The van der Waals surface area contributed by atoms with Crippen molar-refractivity contribution in [2.45, 2.75) is 41.5 Å². The zero-order valence-electron chi connectivity index (χ0n) is 24.8. The summed E-state index contributed by atoms with van der Waals surface area (Å²) in [4.78, 5) is 14.2. The van der Waals surface area contributed by atoms with E-state index in [0.717, 1.165) is 56.1 Å². The van der Waals surface area contributed by atoms with Gasteiger partial charge in [-0.25, -0.2) is 0 Å². The summed E-state index contributed by atoms with van der Waals surface area (Å²) in [5.74, 6) is -0.365. The van der Waals surface area contributed by atoms with E-state index >= 15 is 0 Å². The Morgan fingerprint density at radius 1 is 0.667 bits per heavy atom. The van der Waals surface area contributed by atoms with Gasteiger partial charge >= 0.3 is 0 Å². The summed E-state index contributed by atoms with van der Waals surface area (Å²) in [6.07, 6.45) is 0. The van der Waals surface area contributed by atoms with Crippen molar-refractivity contribution in [3.63, 3.8) is 0 Å². The number of aryl methyl sites for hydroxylation is 4. The lowest BCUT2D eigenvalue weighted by atomic mass is 9.78. The SMILES string of the molecule is CC1=[N+](c2cc(C)cc(C)c2)c2ccccc2C1=C1C(=O)C(c2c(C)n(-c3cc(C)cc(C)c3)c3ccccc23)=C1[O-]. The zero-order chi connectivity index (χ0) is 29.4. The molecule has 0 spiro atoms. The van der Waals surface area contributed by atoms with Crippen LogP contribution in [-0.2, 0) is 4.79 Å². The zero-order valence-corrected chi connectivity index (χ0v) is 24.8. The normalized spacial score (nSPS) is 16.5. The van der Waals surface area contributed by atoms with E-state index in [1.807, 2.05) is 50.2 Å². The van der Waals surface area contributed by atoms with Crippen LogP contribution < -0.4 is 9.68 Å². The van der Waals surface area contributed by atoms with Crippen LogP contribution in [0.2, 0.25) is 0 Å². The van der Waals surface area contributed by atoms with Gasteiger partial charge in [0.25, 0.3) is 0 Å². The maximum atomic E-state index is 14.2. The standard InChI is InChI=1S/C38H32N2O2/c1-21-15-22(2)18-27(17-21)39-25(5)33(29-11-7-9-13-31(29)39)35-37(41)36(38(35)42)34-26(6)40(32-14-10-8-12-30(32)34)28-19-23(3)16-24(4)20-28/h7-20H,1-6H3. The lowest BCUT2D eigenvalue weighted by Crippen LogP contribution is -2.31. The van der Waals surface area contributed by atoms with Crippen LogP contribution in [0.25, 0.3) is 27.7 Å². The molecule has 1 aliphatic heterocycles. The number of carbonyl (C=O) groups is 1. The molecule has 2 aliphatic rings. The first-order valence-corrected chi connectivity index (χ1v) is 14.4. The summed E-state index contributed by atoms with van der Waals surface area (Å²) in [5.41, 5.74) is 13.4. The number of hydrogen-bond donors (Lipinski definition) is 0. The molecule has 42 heavy (non-hydrogen) atoms. The summed E-state index contributed by atoms with van der Waals surface area (Å²) < 4.78 is 4.35. The maximum Gasteiger partial charge on any atom is 0.219 e. The Balaban J connectivity index is 1.47. The molecule has 4 aromatic carbocycles. The van der Waals surface area contributed by atoms with E-state index in [1.54, 1.807) is 0 Å². The molecular weight excluding hydrogens is 516 g/mol. The molecule has 0 amide bonds. The number of Topliss-reactive ketones (excluding diaryl/α,β-unsaturated/α-hetero) is 1. The fraction of sp³-hybridized carbons (Fsp3) is 0.158. The number of rotatable bonds is 3. The minimum Gasteiger partial charge on any atom is -0.871 e. The van der Waals surface area contributed by atoms with Crippen molar-refractivity contribution < 1.29 is 9.90 Å². The molecule has 0 saturated carbocycles. The van der Waals surface area contributed by atoms with Crippen molar-refractivity contribution in [3.05, 3.63) is 135 Å². The number of nitrogens with zero attached hydrogens (tertiary/aromatic N) is 2. The molecule has 4 nitrogen and oxygen atoms in total. The lowest BCUT2D eigenvalue weighted by Gasteiger charge is -2.32. The number of carbonyl (C=O) groups excluding carboxylic acids is 1. The quantitative estimate of drug-likeness (QED) is 0.172. The number of ketones is 1. The van der Waals surface area contributed by atoms with Crippen LogP contribution in [0.15, 0.2) is 96.3 Å². The number of para-hydroxylation sites is 2. The van der Waals surface area contributed by atoms with Crippen molar-refractivity contribution >= 4 is 44.9 Å². The highest BCUT2D eigenvalue weighted by atomic mass is 16.3. The highest BCUT2D eigenvalue weighted by Crippen LogP contribution is 2.47. The van der Waals surface area contributed by atoms with Gasteiger partial charge in [-0.05, 0) is 81.1 Å². The Hall–Kier alpha value is -4.96. The molecule has 0 saturated heterocycles.